The second-order valence-corrected chi connectivity index (χ2v) is 8.51. The Labute approximate surface area is 191 Å². The van der Waals surface area contributed by atoms with E-state index in [1.165, 1.54) is 17.7 Å². The summed E-state index contributed by atoms with van der Waals surface area (Å²) in [6, 6.07) is 6.95. The van der Waals surface area contributed by atoms with Gasteiger partial charge in [0.05, 0.1) is 6.61 Å². The van der Waals surface area contributed by atoms with Crippen LogP contribution in [0, 0.1) is 13.8 Å². The van der Waals surface area contributed by atoms with Gasteiger partial charge < -0.3 is 14.1 Å². The first-order valence-electron chi connectivity index (χ1n) is 11.2. The third-order valence-corrected chi connectivity index (χ3v) is 6.42. The molecular weight excluding hydrogens is 424 g/mol. The van der Waals surface area contributed by atoms with Crippen molar-refractivity contribution >= 4 is 16.8 Å². The van der Waals surface area contributed by atoms with E-state index < -0.39 is 0 Å². The van der Waals surface area contributed by atoms with Crippen LogP contribution in [0.5, 0.6) is 5.75 Å². The first-order chi connectivity index (χ1) is 15.8. The lowest BCUT2D eigenvalue weighted by molar-refractivity contribution is 0.224. The Balaban J connectivity index is 1.32. The van der Waals surface area contributed by atoms with Gasteiger partial charge in [-0.25, -0.2) is 4.79 Å². The van der Waals surface area contributed by atoms with Crippen molar-refractivity contribution in [3.8, 4) is 5.75 Å². The van der Waals surface area contributed by atoms with Crippen LogP contribution in [0.1, 0.15) is 17.7 Å². The standard InChI is InChI=1S/C24H30N4O5/c1-16-17(2)33-19-8-5-7-18(22(19)23(16)30)32-14-6-9-27-10-12-28(13-11-27)20-15-21(29)26(4)24(31)25(20)3/h5,7-8,15H,6,9-14H2,1-4H3. The number of hydrogen-bond acceptors (Lipinski definition) is 7. The van der Waals surface area contributed by atoms with Gasteiger partial charge in [0, 0.05) is 58.4 Å². The van der Waals surface area contributed by atoms with Crippen LogP contribution < -0.4 is 26.3 Å². The summed E-state index contributed by atoms with van der Waals surface area (Å²) < 4.78 is 14.3. The number of anilines is 1. The molecule has 3 aromatic rings. The van der Waals surface area contributed by atoms with Gasteiger partial charge in [0.25, 0.3) is 5.56 Å². The molecule has 9 heteroatoms. The van der Waals surface area contributed by atoms with Gasteiger partial charge in [-0.1, -0.05) is 6.07 Å². The molecule has 0 amide bonds. The molecule has 1 aliphatic rings. The van der Waals surface area contributed by atoms with Crippen molar-refractivity contribution in [2.24, 2.45) is 14.1 Å². The summed E-state index contributed by atoms with van der Waals surface area (Å²) in [6.45, 7) is 8.06. The van der Waals surface area contributed by atoms with E-state index in [0.29, 0.717) is 40.5 Å². The van der Waals surface area contributed by atoms with Gasteiger partial charge in [-0.05, 0) is 32.4 Å². The van der Waals surface area contributed by atoms with Crippen molar-refractivity contribution in [2.45, 2.75) is 20.3 Å². The van der Waals surface area contributed by atoms with Crippen molar-refractivity contribution in [2.75, 3.05) is 44.2 Å². The van der Waals surface area contributed by atoms with Gasteiger partial charge in [-0.15, -0.1) is 0 Å². The van der Waals surface area contributed by atoms with Crippen LogP contribution in [0.15, 0.2) is 43.1 Å². The highest BCUT2D eigenvalue weighted by molar-refractivity contribution is 5.84. The van der Waals surface area contributed by atoms with Gasteiger partial charge in [0.15, 0.2) is 5.43 Å². The second kappa shape index (κ2) is 9.27. The Bertz CT molecular complexity index is 1350. The molecule has 0 bridgehead atoms. The molecule has 1 aromatic carbocycles. The number of rotatable bonds is 6. The summed E-state index contributed by atoms with van der Waals surface area (Å²) in [5.41, 5.74) is 0.489. The van der Waals surface area contributed by atoms with Crippen molar-refractivity contribution in [3.63, 3.8) is 0 Å². The van der Waals surface area contributed by atoms with Crippen LogP contribution >= 0.6 is 0 Å². The predicted molar refractivity (Wildman–Crippen MR) is 128 cm³/mol. The van der Waals surface area contributed by atoms with Crippen LogP contribution in [-0.4, -0.2) is 53.4 Å². The maximum absolute atomic E-state index is 12.7. The summed E-state index contributed by atoms with van der Waals surface area (Å²) in [5.74, 6) is 1.84. The Morgan fingerprint density at radius 1 is 1.00 bits per heavy atom. The van der Waals surface area contributed by atoms with Crippen LogP contribution in [0.4, 0.5) is 5.82 Å². The average molecular weight is 455 g/mol. The first kappa shape index (κ1) is 22.8. The maximum atomic E-state index is 12.7. The summed E-state index contributed by atoms with van der Waals surface area (Å²) in [5, 5.41) is 0.494. The van der Waals surface area contributed by atoms with E-state index in [-0.39, 0.29) is 16.7 Å². The van der Waals surface area contributed by atoms with Gasteiger partial charge in [0.2, 0.25) is 0 Å². The van der Waals surface area contributed by atoms with E-state index >= 15 is 0 Å². The molecule has 0 radical (unpaired) electrons. The molecule has 0 unspecified atom stereocenters. The smallest absolute Gasteiger partial charge is 0.332 e. The number of aromatic nitrogens is 2. The number of hydrogen-bond donors (Lipinski definition) is 0. The molecular formula is C24H30N4O5. The van der Waals surface area contributed by atoms with Gasteiger partial charge in [-0.2, -0.15) is 0 Å². The SMILES string of the molecule is Cc1oc2cccc(OCCCN3CCN(c4cc(=O)n(C)c(=O)n4C)CC3)c2c(=O)c1C. The lowest BCUT2D eigenvalue weighted by Gasteiger charge is -2.36. The van der Waals surface area contributed by atoms with Crippen molar-refractivity contribution in [1.82, 2.24) is 14.0 Å². The molecule has 0 saturated carbocycles. The fraction of sp³-hybridized carbons (Fsp3) is 0.458. The number of ether oxygens (including phenoxy) is 1. The largest absolute Gasteiger partial charge is 0.493 e. The minimum atomic E-state index is -0.315. The molecule has 1 fully saturated rings. The normalized spacial score (nSPS) is 14.7. The topological polar surface area (TPSA) is 89.9 Å². The molecule has 0 atom stereocenters. The zero-order chi connectivity index (χ0) is 23.7. The van der Waals surface area contributed by atoms with E-state index in [4.69, 9.17) is 9.15 Å². The zero-order valence-electron chi connectivity index (χ0n) is 19.6. The molecule has 0 spiro atoms. The molecule has 1 saturated heterocycles. The third-order valence-electron chi connectivity index (χ3n) is 6.42. The van der Waals surface area contributed by atoms with E-state index in [1.54, 1.807) is 33.0 Å². The van der Waals surface area contributed by atoms with Gasteiger partial charge in [-0.3, -0.25) is 23.6 Å². The Morgan fingerprint density at radius 2 is 1.73 bits per heavy atom. The number of benzene rings is 1. The fourth-order valence-corrected chi connectivity index (χ4v) is 4.22. The molecule has 2 aromatic heterocycles. The summed E-state index contributed by atoms with van der Waals surface area (Å²) in [4.78, 5) is 41.3. The minimum absolute atomic E-state index is 0.0504. The minimum Gasteiger partial charge on any atom is -0.493 e. The molecule has 4 rings (SSSR count). The molecule has 176 valence electrons. The summed E-state index contributed by atoms with van der Waals surface area (Å²) in [6.07, 6.45) is 0.816. The van der Waals surface area contributed by atoms with Gasteiger partial charge in [0.1, 0.15) is 28.3 Å². The summed E-state index contributed by atoms with van der Waals surface area (Å²) in [7, 11) is 3.18. The van der Waals surface area contributed by atoms with E-state index in [0.717, 1.165) is 43.7 Å². The predicted octanol–water partition coefficient (Wildman–Crippen LogP) is 1.40. The Kier molecular flexibility index (Phi) is 6.42. The highest BCUT2D eigenvalue weighted by atomic mass is 16.5. The van der Waals surface area contributed by atoms with Crippen molar-refractivity contribution < 1.29 is 9.15 Å². The molecule has 0 N–H and O–H groups in total. The lowest BCUT2D eigenvalue weighted by Crippen LogP contribution is -2.49. The lowest BCUT2D eigenvalue weighted by atomic mass is 10.1. The van der Waals surface area contributed by atoms with E-state index in [1.807, 2.05) is 6.07 Å². The highest BCUT2D eigenvalue weighted by Crippen LogP contribution is 2.24. The van der Waals surface area contributed by atoms with Crippen LogP contribution in [0.25, 0.3) is 11.0 Å². The fourth-order valence-electron chi connectivity index (χ4n) is 4.22. The van der Waals surface area contributed by atoms with Crippen LogP contribution in [0.2, 0.25) is 0 Å². The number of aryl methyl sites for hydroxylation is 1. The monoisotopic (exact) mass is 454 g/mol. The maximum Gasteiger partial charge on any atom is 0.332 e. The number of piperazine rings is 1. The Hall–Kier alpha value is -3.33. The van der Waals surface area contributed by atoms with Gasteiger partial charge >= 0.3 is 5.69 Å². The Morgan fingerprint density at radius 3 is 2.45 bits per heavy atom. The summed E-state index contributed by atoms with van der Waals surface area (Å²) >= 11 is 0. The number of fused-ring (bicyclic) bond motifs is 1. The van der Waals surface area contributed by atoms with Crippen molar-refractivity contribution in [1.29, 1.82) is 0 Å². The first-order valence-corrected chi connectivity index (χ1v) is 11.2. The number of nitrogens with zero attached hydrogens (tertiary/aromatic N) is 4. The second-order valence-electron chi connectivity index (χ2n) is 8.51. The van der Waals surface area contributed by atoms with Crippen LogP contribution in [0.3, 0.4) is 0 Å². The van der Waals surface area contributed by atoms with Crippen LogP contribution in [-0.2, 0) is 14.1 Å². The zero-order valence-corrected chi connectivity index (χ0v) is 19.6. The van der Waals surface area contributed by atoms with E-state index in [9.17, 15) is 14.4 Å². The third kappa shape index (κ3) is 4.45. The molecule has 3 heterocycles. The molecule has 9 nitrogen and oxygen atoms in total. The van der Waals surface area contributed by atoms with E-state index in [2.05, 4.69) is 9.80 Å². The quantitative estimate of drug-likeness (QED) is 0.520. The molecule has 33 heavy (non-hydrogen) atoms. The van der Waals surface area contributed by atoms with Crippen molar-refractivity contribution in [3.05, 3.63) is 66.7 Å². The average Bonchev–Trinajstić information content (AvgIpc) is 2.81. The molecule has 1 aliphatic heterocycles. The highest BCUT2D eigenvalue weighted by Gasteiger charge is 2.20. The molecule has 0 aliphatic carbocycles.